The minimum absolute atomic E-state index is 0.0495. The Balaban J connectivity index is 1.50. The van der Waals surface area contributed by atoms with Gasteiger partial charge in [0.25, 0.3) is 22.9 Å². The number of hydrogen-bond donors (Lipinski definition) is 1. The molecule has 1 aliphatic heterocycles. The number of thiocarbonyl (C=S) groups is 1. The highest BCUT2D eigenvalue weighted by molar-refractivity contribution is 7.80. The average Bonchev–Trinajstić information content (AvgIpc) is 3.03. The first-order valence-corrected chi connectivity index (χ1v) is 14.2. The van der Waals surface area contributed by atoms with Crippen LogP contribution in [0, 0.1) is 0 Å². The maximum Gasteiger partial charge on any atom is 0.332 e. The van der Waals surface area contributed by atoms with Crippen molar-refractivity contribution in [1.29, 1.82) is 0 Å². The van der Waals surface area contributed by atoms with Gasteiger partial charge in [-0.15, -0.1) is 0 Å². The van der Waals surface area contributed by atoms with Gasteiger partial charge in [0.05, 0.1) is 22.0 Å². The van der Waals surface area contributed by atoms with Crippen LogP contribution in [-0.4, -0.2) is 30.6 Å². The first-order valence-electron chi connectivity index (χ1n) is 13.4. The number of benzene rings is 3. The largest absolute Gasteiger partial charge is 0.457 e. The van der Waals surface area contributed by atoms with Gasteiger partial charge in [0.1, 0.15) is 28.1 Å². The molecular formula is C32H22ClN5O6S. The van der Waals surface area contributed by atoms with E-state index in [1.165, 1.54) is 14.1 Å². The van der Waals surface area contributed by atoms with Crippen LogP contribution in [-0.2, 0) is 23.7 Å². The summed E-state index contributed by atoms with van der Waals surface area (Å²) in [6.07, 6.45) is 1.04. The van der Waals surface area contributed by atoms with Gasteiger partial charge in [-0.25, -0.2) is 4.79 Å². The molecule has 2 amide bonds. The number of carbonyl (C=O) groups excluding carboxylic acids is 2. The zero-order valence-corrected chi connectivity index (χ0v) is 25.3. The highest BCUT2D eigenvalue weighted by Crippen LogP contribution is 2.29. The van der Waals surface area contributed by atoms with Crippen molar-refractivity contribution in [2.45, 2.75) is 0 Å². The third-order valence-electron chi connectivity index (χ3n) is 7.21. The number of hydrogen-bond acceptors (Lipinski definition) is 7. The highest BCUT2D eigenvalue weighted by Gasteiger charge is 2.35. The summed E-state index contributed by atoms with van der Waals surface area (Å²) in [5.41, 5.74) is -2.36. The van der Waals surface area contributed by atoms with Crippen molar-refractivity contribution < 1.29 is 14.3 Å². The van der Waals surface area contributed by atoms with E-state index >= 15 is 0 Å². The Morgan fingerprint density at radius 1 is 0.756 bits per heavy atom. The van der Waals surface area contributed by atoms with Gasteiger partial charge in [0.2, 0.25) is 0 Å². The van der Waals surface area contributed by atoms with Crippen LogP contribution >= 0.6 is 23.8 Å². The van der Waals surface area contributed by atoms with Crippen molar-refractivity contribution in [3.63, 3.8) is 0 Å². The number of ether oxygens (including phenoxy) is 1. The molecule has 0 saturated carbocycles. The minimum atomic E-state index is -0.861. The predicted molar refractivity (Wildman–Crippen MR) is 174 cm³/mol. The Kier molecular flexibility index (Phi) is 7.52. The molecule has 0 radical (unpaired) electrons. The monoisotopic (exact) mass is 639 g/mol. The Labute approximate surface area is 264 Å². The lowest BCUT2D eigenvalue weighted by Gasteiger charge is -2.29. The van der Waals surface area contributed by atoms with Crippen LogP contribution in [0.25, 0.3) is 22.8 Å². The standard InChI is InChI=1S/C32H22ClN5O6S/c1-35-27-24(30(42)36(2)32(35)43)25(33)22(28(40)37(27)18-9-5-3-6-10-18)17-23-26(39)34-31(45)38(29(23)41)19-13-15-21(16-14-19)44-20-11-7-4-8-12-20/h3-17H,1-2H3,(H,34,39,45). The van der Waals surface area contributed by atoms with Crippen LogP contribution in [0.1, 0.15) is 5.56 Å². The minimum Gasteiger partial charge on any atom is -0.457 e. The molecule has 5 aromatic rings. The zero-order chi connectivity index (χ0) is 32.0. The fraction of sp³-hybridized carbons (Fsp3) is 0.0625. The molecule has 1 aliphatic rings. The van der Waals surface area contributed by atoms with Gasteiger partial charge in [-0.05, 0) is 66.8 Å². The van der Waals surface area contributed by atoms with Crippen molar-refractivity contribution in [2.75, 3.05) is 4.90 Å². The molecule has 2 aromatic heterocycles. The van der Waals surface area contributed by atoms with Crippen molar-refractivity contribution >= 4 is 63.5 Å². The summed E-state index contributed by atoms with van der Waals surface area (Å²) in [6, 6.07) is 23.9. The summed E-state index contributed by atoms with van der Waals surface area (Å²) in [6.45, 7) is 0. The molecule has 1 fully saturated rings. The molecule has 11 nitrogen and oxygen atoms in total. The summed E-state index contributed by atoms with van der Waals surface area (Å²) in [5.74, 6) is -0.563. The number of amides is 2. The van der Waals surface area contributed by atoms with E-state index in [-0.39, 0.29) is 26.7 Å². The number of fused-ring (bicyclic) bond motifs is 1. The topological polar surface area (TPSA) is 125 Å². The number of pyridine rings is 1. The molecule has 0 spiro atoms. The zero-order valence-electron chi connectivity index (χ0n) is 23.7. The number of anilines is 1. The van der Waals surface area contributed by atoms with Crippen molar-refractivity contribution in [3.05, 3.63) is 132 Å². The fourth-order valence-corrected chi connectivity index (χ4v) is 5.58. The van der Waals surface area contributed by atoms with Gasteiger partial charge in [-0.1, -0.05) is 48.0 Å². The fourth-order valence-electron chi connectivity index (χ4n) is 5.00. The third kappa shape index (κ3) is 5.05. The molecule has 45 heavy (non-hydrogen) atoms. The van der Waals surface area contributed by atoms with Crippen LogP contribution in [0.15, 0.2) is 105 Å². The molecule has 0 aliphatic carbocycles. The van der Waals surface area contributed by atoms with E-state index in [1.54, 1.807) is 66.7 Å². The maximum absolute atomic E-state index is 14.1. The Morgan fingerprint density at radius 3 is 2.00 bits per heavy atom. The van der Waals surface area contributed by atoms with E-state index in [9.17, 15) is 24.0 Å². The van der Waals surface area contributed by atoms with Crippen molar-refractivity contribution in [3.8, 4) is 17.2 Å². The first kappa shape index (κ1) is 29.5. The van der Waals surface area contributed by atoms with Crippen LogP contribution < -0.4 is 31.8 Å². The quantitative estimate of drug-likeness (QED) is 0.177. The lowest BCUT2D eigenvalue weighted by molar-refractivity contribution is -0.122. The van der Waals surface area contributed by atoms with Crippen molar-refractivity contribution in [2.24, 2.45) is 14.1 Å². The third-order valence-corrected chi connectivity index (χ3v) is 7.89. The van der Waals surface area contributed by atoms with Crippen LogP contribution in [0.2, 0.25) is 5.02 Å². The Morgan fingerprint density at radius 2 is 1.36 bits per heavy atom. The second-order valence-corrected chi connectivity index (χ2v) is 10.7. The number of aromatic nitrogens is 3. The van der Waals surface area contributed by atoms with Gasteiger partial charge in [0.15, 0.2) is 5.11 Å². The lowest BCUT2D eigenvalue weighted by atomic mass is 10.1. The Bertz CT molecular complexity index is 2260. The summed E-state index contributed by atoms with van der Waals surface area (Å²) in [5, 5.41) is 1.83. The number of rotatable bonds is 5. The summed E-state index contributed by atoms with van der Waals surface area (Å²) in [4.78, 5) is 68.3. The predicted octanol–water partition coefficient (Wildman–Crippen LogP) is 3.67. The number of aryl methyl sites for hydroxylation is 1. The first-order chi connectivity index (χ1) is 21.6. The molecule has 0 bridgehead atoms. The highest BCUT2D eigenvalue weighted by atomic mass is 35.5. The molecule has 1 saturated heterocycles. The number of nitrogens with zero attached hydrogens (tertiary/aromatic N) is 4. The molecule has 13 heteroatoms. The van der Waals surface area contributed by atoms with E-state index in [4.69, 9.17) is 28.6 Å². The van der Waals surface area contributed by atoms with Crippen LogP contribution in [0.5, 0.6) is 11.5 Å². The second-order valence-electron chi connectivity index (χ2n) is 9.98. The van der Waals surface area contributed by atoms with E-state index in [2.05, 4.69) is 5.32 Å². The second kappa shape index (κ2) is 11.5. The van der Waals surface area contributed by atoms with Gasteiger partial charge in [-0.3, -0.25) is 43.1 Å². The molecule has 3 aromatic carbocycles. The van der Waals surface area contributed by atoms with Gasteiger partial charge in [-0.2, -0.15) is 0 Å². The molecule has 6 rings (SSSR count). The SMILES string of the molecule is Cn1c(=O)c2c(Cl)c(C=C3C(=O)NC(=S)N(c4ccc(Oc5ccccc5)cc4)C3=O)c(=O)n(-c3ccccc3)c2n(C)c1=O. The Hall–Kier alpha value is -5.59. The number of para-hydroxylation sites is 2. The van der Waals surface area contributed by atoms with E-state index in [0.29, 0.717) is 22.9 Å². The van der Waals surface area contributed by atoms with Crippen LogP contribution in [0.4, 0.5) is 5.69 Å². The van der Waals surface area contributed by atoms with Gasteiger partial charge < -0.3 is 4.74 Å². The number of halogens is 1. The average molecular weight is 640 g/mol. The van der Waals surface area contributed by atoms with E-state index in [0.717, 1.165) is 24.7 Å². The molecule has 224 valence electrons. The normalized spacial score (nSPS) is 14.2. The summed E-state index contributed by atoms with van der Waals surface area (Å²) < 4.78 is 8.96. The van der Waals surface area contributed by atoms with E-state index in [1.807, 2.05) is 18.2 Å². The molecule has 0 unspecified atom stereocenters. The molecule has 3 heterocycles. The van der Waals surface area contributed by atoms with Gasteiger partial charge >= 0.3 is 5.69 Å². The van der Waals surface area contributed by atoms with Gasteiger partial charge in [0, 0.05) is 14.1 Å². The molecular weight excluding hydrogens is 618 g/mol. The smallest absolute Gasteiger partial charge is 0.332 e. The molecule has 1 N–H and O–H groups in total. The summed E-state index contributed by atoms with van der Waals surface area (Å²) >= 11 is 12.0. The summed E-state index contributed by atoms with van der Waals surface area (Å²) in [7, 11) is 2.69. The number of nitrogens with one attached hydrogen (secondary N) is 1. The lowest BCUT2D eigenvalue weighted by Crippen LogP contribution is -2.54. The van der Waals surface area contributed by atoms with Crippen LogP contribution in [0.3, 0.4) is 0 Å². The van der Waals surface area contributed by atoms with E-state index < -0.39 is 34.2 Å². The maximum atomic E-state index is 14.1. The number of carbonyl (C=O) groups is 2. The molecule has 0 atom stereocenters. The van der Waals surface area contributed by atoms with Crippen molar-refractivity contribution in [1.82, 2.24) is 19.0 Å².